The predicted octanol–water partition coefficient (Wildman–Crippen LogP) is 1.98. The van der Waals surface area contributed by atoms with E-state index in [1.165, 1.54) is 0 Å². The van der Waals surface area contributed by atoms with Crippen LogP contribution in [0.1, 0.15) is 25.5 Å². The van der Waals surface area contributed by atoms with Crippen LogP contribution in [0.15, 0.2) is 22.7 Å². The van der Waals surface area contributed by atoms with Crippen LogP contribution in [0.2, 0.25) is 0 Å². The largest absolute Gasteiger partial charge is 0.481 e. The lowest BCUT2D eigenvalue weighted by Gasteiger charge is -2.18. The molecule has 0 saturated heterocycles. The molecule has 0 spiro atoms. The zero-order valence-corrected chi connectivity index (χ0v) is 11.7. The zero-order chi connectivity index (χ0) is 13.0. The van der Waals surface area contributed by atoms with E-state index in [-0.39, 0.29) is 11.9 Å². The van der Waals surface area contributed by atoms with Crippen molar-refractivity contribution >= 4 is 21.8 Å². The summed E-state index contributed by atoms with van der Waals surface area (Å²) in [6, 6.07) is 5.41. The second-order valence-electron chi connectivity index (χ2n) is 3.85. The summed E-state index contributed by atoms with van der Waals surface area (Å²) in [6.45, 7) is 3.57. The second-order valence-corrected chi connectivity index (χ2v) is 4.76. The summed E-state index contributed by atoms with van der Waals surface area (Å²) in [7, 11) is 1.58. The number of amides is 1. The number of benzene rings is 1. The van der Waals surface area contributed by atoms with Crippen LogP contribution in [0.4, 0.5) is 0 Å². The van der Waals surface area contributed by atoms with Crippen LogP contribution in [-0.4, -0.2) is 19.1 Å². The molecule has 0 aliphatic heterocycles. The summed E-state index contributed by atoms with van der Waals surface area (Å²) < 4.78 is 6.54. The van der Waals surface area contributed by atoms with Crippen LogP contribution in [0.3, 0.4) is 0 Å². The van der Waals surface area contributed by atoms with Gasteiger partial charge >= 0.3 is 0 Å². The lowest BCUT2D eigenvalue weighted by molar-refractivity contribution is -0.126. The van der Waals surface area contributed by atoms with Gasteiger partial charge in [0.25, 0.3) is 5.91 Å². The molecule has 1 unspecified atom stereocenters. The standard InChI is InChI=1S/C12H17BrN2O2/c1-7(14)10-6-9(13)4-5-11(10)17-8(2)12(16)15-3/h4-8H,14H2,1-3H3,(H,15,16)/t7-,8?/m0/s1. The van der Waals surface area contributed by atoms with Gasteiger partial charge in [-0.15, -0.1) is 0 Å². The Morgan fingerprint density at radius 1 is 1.47 bits per heavy atom. The van der Waals surface area contributed by atoms with Crippen LogP contribution >= 0.6 is 15.9 Å². The fourth-order valence-corrected chi connectivity index (χ4v) is 1.81. The van der Waals surface area contributed by atoms with Crippen molar-refractivity contribution in [2.75, 3.05) is 7.05 Å². The Morgan fingerprint density at radius 3 is 2.65 bits per heavy atom. The number of carbonyl (C=O) groups is 1. The molecule has 0 aromatic heterocycles. The van der Waals surface area contributed by atoms with Gasteiger partial charge in [-0.1, -0.05) is 15.9 Å². The molecule has 2 atom stereocenters. The molecule has 0 aliphatic carbocycles. The second kappa shape index (κ2) is 6.02. The minimum atomic E-state index is -0.543. The third-order valence-corrected chi connectivity index (χ3v) is 2.88. The van der Waals surface area contributed by atoms with Crippen molar-refractivity contribution in [2.24, 2.45) is 5.73 Å². The number of likely N-dealkylation sites (N-methyl/N-ethyl adjacent to an activating group) is 1. The van der Waals surface area contributed by atoms with Gasteiger partial charge in [-0.2, -0.15) is 0 Å². The summed E-state index contributed by atoms with van der Waals surface area (Å²) in [5.74, 6) is 0.475. The number of hydrogen-bond acceptors (Lipinski definition) is 3. The number of carbonyl (C=O) groups excluding carboxylic acids is 1. The highest BCUT2D eigenvalue weighted by Crippen LogP contribution is 2.28. The topological polar surface area (TPSA) is 64.3 Å². The van der Waals surface area contributed by atoms with Gasteiger partial charge in [-0.3, -0.25) is 4.79 Å². The van der Waals surface area contributed by atoms with E-state index in [0.29, 0.717) is 5.75 Å². The lowest BCUT2D eigenvalue weighted by Crippen LogP contribution is -2.34. The highest BCUT2D eigenvalue weighted by molar-refractivity contribution is 9.10. The average Bonchev–Trinajstić information content (AvgIpc) is 2.29. The summed E-state index contributed by atoms with van der Waals surface area (Å²) >= 11 is 3.38. The van der Waals surface area contributed by atoms with Crippen molar-refractivity contribution < 1.29 is 9.53 Å². The fourth-order valence-electron chi connectivity index (χ4n) is 1.43. The third kappa shape index (κ3) is 3.71. The van der Waals surface area contributed by atoms with Gasteiger partial charge < -0.3 is 15.8 Å². The Bertz CT molecular complexity index is 407. The predicted molar refractivity (Wildman–Crippen MR) is 70.9 cm³/mol. The molecule has 94 valence electrons. The van der Waals surface area contributed by atoms with E-state index >= 15 is 0 Å². The molecule has 5 heteroatoms. The van der Waals surface area contributed by atoms with Gasteiger partial charge in [0.2, 0.25) is 0 Å². The number of nitrogens with two attached hydrogens (primary N) is 1. The molecule has 0 bridgehead atoms. The highest BCUT2D eigenvalue weighted by Gasteiger charge is 2.16. The maximum Gasteiger partial charge on any atom is 0.260 e. The minimum Gasteiger partial charge on any atom is -0.481 e. The van der Waals surface area contributed by atoms with Gasteiger partial charge in [0.05, 0.1) is 0 Å². The Hall–Kier alpha value is -1.07. The normalized spacial score (nSPS) is 13.9. The smallest absolute Gasteiger partial charge is 0.260 e. The molecule has 4 nitrogen and oxygen atoms in total. The Kier molecular flexibility index (Phi) is 4.96. The van der Waals surface area contributed by atoms with Gasteiger partial charge in [-0.25, -0.2) is 0 Å². The van der Waals surface area contributed by atoms with Crippen molar-refractivity contribution in [3.63, 3.8) is 0 Å². The van der Waals surface area contributed by atoms with Gasteiger partial charge in [0.1, 0.15) is 5.75 Å². The van der Waals surface area contributed by atoms with Crippen LogP contribution < -0.4 is 15.8 Å². The molecule has 0 aliphatic rings. The van der Waals surface area contributed by atoms with Crippen molar-refractivity contribution in [3.05, 3.63) is 28.2 Å². The quantitative estimate of drug-likeness (QED) is 0.894. The van der Waals surface area contributed by atoms with E-state index in [1.54, 1.807) is 14.0 Å². The van der Waals surface area contributed by atoms with Crippen LogP contribution in [0.5, 0.6) is 5.75 Å². The van der Waals surface area contributed by atoms with Crippen molar-refractivity contribution in [2.45, 2.75) is 26.0 Å². The molecule has 3 N–H and O–H groups in total. The number of hydrogen-bond donors (Lipinski definition) is 2. The molecule has 0 heterocycles. The Labute approximate surface area is 110 Å². The summed E-state index contributed by atoms with van der Waals surface area (Å²) in [4.78, 5) is 11.4. The van der Waals surface area contributed by atoms with Gasteiger partial charge in [-0.05, 0) is 32.0 Å². The zero-order valence-electron chi connectivity index (χ0n) is 10.2. The maximum atomic E-state index is 11.4. The fraction of sp³-hybridized carbons (Fsp3) is 0.417. The third-order valence-electron chi connectivity index (χ3n) is 2.38. The summed E-state index contributed by atoms with van der Waals surface area (Å²) in [6.07, 6.45) is -0.543. The van der Waals surface area contributed by atoms with Crippen LogP contribution in [0.25, 0.3) is 0 Å². The number of nitrogens with one attached hydrogen (secondary N) is 1. The van der Waals surface area contributed by atoms with Crippen LogP contribution in [-0.2, 0) is 4.79 Å². The first-order valence-electron chi connectivity index (χ1n) is 5.39. The van der Waals surface area contributed by atoms with E-state index in [0.717, 1.165) is 10.0 Å². The van der Waals surface area contributed by atoms with E-state index in [9.17, 15) is 4.79 Å². The van der Waals surface area contributed by atoms with E-state index in [4.69, 9.17) is 10.5 Å². The molecular weight excluding hydrogens is 284 g/mol. The molecule has 1 rings (SSSR count). The van der Waals surface area contributed by atoms with Gasteiger partial charge in [0.15, 0.2) is 6.10 Å². The molecule has 17 heavy (non-hydrogen) atoms. The maximum absolute atomic E-state index is 11.4. The SMILES string of the molecule is CNC(=O)C(C)Oc1ccc(Br)cc1[C@H](C)N. The van der Waals surface area contributed by atoms with E-state index < -0.39 is 6.10 Å². The number of ether oxygens (including phenoxy) is 1. The lowest BCUT2D eigenvalue weighted by atomic mass is 10.1. The van der Waals surface area contributed by atoms with E-state index in [1.807, 2.05) is 25.1 Å². The van der Waals surface area contributed by atoms with Crippen LogP contribution in [0, 0.1) is 0 Å². The molecule has 1 aromatic rings. The van der Waals surface area contributed by atoms with Crippen molar-refractivity contribution in [1.29, 1.82) is 0 Å². The van der Waals surface area contributed by atoms with Gasteiger partial charge in [0, 0.05) is 23.1 Å². The Balaban J connectivity index is 2.94. The van der Waals surface area contributed by atoms with Crippen molar-refractivity contribution in [3.8, 4) is 5.75 Å². The Morgan fingerprint density at radius 2 is 2.12 bits per heavy atom. The average molecular weight is 301 g/mol. The van der Waals surface area contributed by atoms with Crippen molar-refractivity contribution in [1.82, 2.24) is 5.32 Å². The summed E-state index contributed by atoms with van der Waals surface area (Å²) in [5, 5.41) is 2.54. The number of rotatable bonds is 4. The molecule has 0 fully saturated rings. The number of halogens is 1. The minimum absolute atomic E-state index is 0.153. The first-order chi connectivity index (χ1) is 7.95. The molecule has 0 saturated carbocycles. The highest BCUT2D eigenvalue weighted by atomic mass is 79.9. The first-order valence-corrected chi connectivity index (χ1v) is 6.18. The molecule has 1 amide bonds. The first kappa shape index (κ1) is 14.0. The molecule has 0 radical (unpaired) electrons. The molecule has 1 aromatic carbocycles. The van der Waals surface area contributed by atoms with E-state index in [2.05, 4.69) is 21.2 Å². The summed E-state index contributed by atoms with van der Waals surface area (Å²) in [5.41, 5.74) is 6.74. The monoisotopic (exact) mass is 300 g/mol. The molecular formula is C12H17BrN2O2.